The van der Waals surface area contributed by atoms with Gasteiger partial charge in [-0.05, 0) is 24.7 Å². The molecule has 0 radical (unpaired) electrons. The lowest BCUT2D eigenvalue weighted by atomic mass is 9.72. The first-order valence-corrected chi connectivity index (χ1v) is 8.06. The Morgan fingerprint density at radius 3 is 2.69 bits per heavy atom. The zero-order chi connectivity index (χ0) is 12.0. The first-order chi connectivity index (χ1) is 7.37. The normalized spacial score (nSPS) is 41.3. The maximum Gasteiger partial charge on any atom is 0.156 e. The van der Waals surface area contributed by atoms with Gasteiger partial charge in [0.2, 0.25) is 0 Å². The Hall–Kier alpha value is -0.0900. The van der Waals surface area contributed by atoms with Crippen LogP contribution < -0.4 is 5.32 Å². The van der Waals surface area contributed by atoms with E-state index in [2.05, 4.69) is 26.1 Å². The third kappa shape index (κ3) is 2.02. The molecule has 1 saturated heterocycles. The second-order valence-corrected chi connectivity index (χ2v) is 8.26. The molecule has 3 unspecified atom stereocenters. The molecule has 3 nitrogen and oxygen atoms in total. The Kier molecular flexibility index (Phi) is 3.08. The van der Waals surface area contributed by atoms with Crippen molar-refractivity contribution in [3.8, 4) is 0 Å². The summed E-state index contributed by atoms with van der Waals surface area (Å²) < 4.78 is 24.5. The molecule has 94 valence electrons. The summed E-state index contributed by atoms with van der Waals surface area (Å²) in [6.07, 6.45) is 3.93. The van der Waals surface area contributed by atoms with Crippen LogP contribution in [0, 0.1) is 5.41 Å². The fraction of sp³-hybridized carbons (Fsp3) is 1.00. The van der Waals surface area contributed by atoms with E-state index in [-0.39, 0.29) is 22.7 Å². The summed E-state index contributed by atoms with van der Waals surface area (Å²) in [4.78, 5) is 0. The third-order valence-electron chi connectivity index (χ3n) is 4.33. The second kappa shape index (κ2) is 3.98. The van der Waals surface area contributed by atoms with E-state index in [9.17, 15) is 8.42 Å². The fourth-order valence-corrected chi connectivity index (χ4v) is 5.77. The standard InChI is InChI=1S/C12H23NO2S/c1-4-9-8-16(14,15)10-6-5-7-12(2,3)11(10)13-9/h9-11,13H,4-8H2,1-3H3. The first kappa shape index (κ1) is 12.4. The maximum atomic E-state index is 12.2. The largest absolute Gasteiger partial charge is 0.308 e. The molecular weight excluding hydrogens is 222 g/mol. The zero-order valence-electron chi connectivity index (χ0n) is 10.5. The van der Waals surface area contributed by atoms with Crippen LogP contribution in [0.1, 0.15) is 46.5 Å². The smallest absolute Gasteiger partial charge is 0.156 e. The Balaban J connectivity index is 2.31. The van der Waals surface area contributed by atoms with Crippen molar-refractivity contribution in [2.24, 2.45) is 5.41 Å². The van der Waals surface area contributed by atoms with E-state index >= 15 is 0 Å². The lowest BCUT2D eigenvalue weighted by Crippen LogP contribution is -2.63. The molecule has 1 aliphatic heterocycles. The molecule has 16 heavy (non-hydrogen) atoms. The molecule has 0 aromatic rings. The molecule has 1 heterocycles. The Labute approximate surface area is 98.9 Å². The molecule has 0 aromatic carbocycles. The van der Waals surface area contributed by atoms with Crippen LogP contribution in [0.25, 0.3) is 0 Å². The van der Waals surface area contributed by atoms with E-state index in [1.165, 1.54) is 0 Å². The third-order valence-corrected chi connectivity index (χ3v) is 6.62. The van der Waals surface area contributed by atoms with Crippen LogP contribution in [0.3, 0.4) is 0 Å². The van der Waals surface area contributed by atoms with Crippen LogP contribution in [-0.4, -0.2) is 31.5 Å². The van der Waals surface area contributed by atoms with Gasteiger partial charge in [0, 0.05) is 12.1 Å². The minimum Gasteiger partial charge on any atom is -0.308 e. The molecule has 3 atom stereocenters. The van der Waals surface area contributed by atoms with Crippen LogP contribution in [-0.2, 0) is 9.84 Å². The number of hydrogen-bond acceptors (Lipinski definition) is 3. The van der Waals surface area contributed by atoms with E-state index in [1.54, 1.807) is 0 Å². The minimum absolute atomic E-state index is 0.115. The van der Waals surface area contributed by atoms with Gasteiger partial charge in [0.05, 0.1) is 11.0 Å². The van der Waals surface area contributed by atoms with E-state index in [4.69, 9.17) is 0 Å². The highest BCUT2D eigenvalue weighted by Crippen LogP contribution is 2.40. The number of nitrogens with one attached hydrogen (secondary N) is 1. The van der Waals surface area contributed by atoms with Crippen molar-refractivity contribution >= 4 is 9.84 Å². The Morgan fingerprint density at radius 2 is 2.06 bits per heavy atom. The van der Waals surface area contributed by atoms with Gasteiger partial charge in [-0.3, -0.25) is 0 Å². The summed E-state index contributed by atoms with van der Waals surface area (Å²) >= 11 is 0. The van der Waals surface area contributed by atoms with Crippen molar-refractivity contribution in [2.75, 3.05) is 5.75 Å². The summed E-state index contributed by atoms with van der Waals surface area (Å²) in [6, 6.07) is 0.313. The van der Waals surface area contributed by atoms with Crippen molar-refractivity contribution in [2.45, 2.75) is 63.8 Å². The molecule has 1 aliphatic carbocycles. The van der Waals surface area contributed by atoms with Crippen molar-refractivity contribution in [1.82, 2.24) is 5.32 Å². The lowest BCUT2D eigenvalue weighted by Gasteiger charge is -2.48. The summed E-state index contributed by atoms with van der Waals surface area (Å²) in [7, 11) is -2.88. The molecule has 0 amide bonds. The average molecular weight is 245 g/mol. The van der Waals surface area contributed by atoms with E-state index in [1.807, 2.05) is 0 Å². The highest BCUT2D eigenvalue weighted by molar-refractivity contribution is 7.92. The molecule has 4 heteroatoms. The quantitative estimate of drug-likeness (QED) is 0.765. The van der Waals surface area contributed by atoms with Crippen LogP contribution in [0.5, 0.6) is 0 Å². The average Bonchev–Trinajstić information content (AvgIpc) is 2.18. The van der Waals surface area contributed by atoms with E-state index < -0.39 is 9.84 Å². The maximum absolute atomic E-state index is 12.2. The monoisotopic (exact) mass is 245 g/mol. The number of rotatable bonds is 1. The molecule has 1 saturated carbocycles. The van der Waals surface area contributed by atoms with Gasteiger partial charge in [-0.15, -0.1) is 0 Å². The van der Waals surface area contributed by atoms with Gasteiger partial charge in [0.25, 0.3) is 0 Å². The number of sulfone groups is 1. The predicted molar refractivity (Wildman–Crippen MR) is 66.2 cm³/mol. The molecule has 2 aliphatic rings. The van der Waals surface area contributed by atoms with Gasteiger partial charge in [0.15, 0.2) is 9.84 Å². The van der Waals surface area contributed by atoms with Gasteiger partial charge < -0.3 is 5.32 Å². The molecular formula is C12H23NO2S. The molecule has 0 bridgehead atoms. The van der Waals surface area contributed by atoms with Crippen LogP contribution in [0.4, 0.5) is 0 Å². The molecule has 0 aromatic heterocycles. The number of hydrogen-bond donors (Lipinski definition) is 1. The summed E-state index contributed by atoms with van der Waals surface area (Å²) in [6.45, 7) is 6.46. The second-order valence-electron chi connectivity index (χ2n) is 6.00. The fourth-order valence-electron chi connectivity index (χ4n) is 3.25. The SMILES string of the molecule is CCC1CS(=O)(=O)C2CCCC(C)(C)C2N1. The van der Waals surface area contributed by atoms with Crippen molar-refractivity contribution in [1.29, 1.82) is 0 Å². The van der Waals surface area contributed by atoms with Crippen LogP contribution in [0.2, 0.25) is 0 Å². The molecule has 2 rings (SSSR count). The van der Waals surface area contributed by atoms with Crippen LogP contribution >= 0.6 is 0 Å². The topological polar surface area (TPSA) is 46.2 Å². The summed E-state index contributed by atoms with van der Waals surface area (Å²) in [5.74, 6) is 0.334. The van der Waals surface area contributed by atoms with Gasteiger partial charge in [-0.1, -0.05) is 27.2 Å². The highest BCUT2D eigenvalue weighted by atomic mass is 32.2. The van der Waals surface area contributed by atoms with E-state index in [0.717, 1.165) is 25.7 Å². The first-order valence-electron chi connectivity index (χ1n) is 6.34. The van der Waals surface area contributed by atoms with Crippen LogP contribution in [0.15, 0.2) is 0 Å². The van der Waals surface area contributed by atoms with Crippen molar-refractivity contribution in [3.63, 3.8) is 0 Å². The Morgan fingerprint density at radius 1 is 1.38 bits per heavy atom. The molecule has 1 N–H and O–H groups in total. The predicted octanol–water partition coefficient (Wildman–Crippen LogP) is 1.73. The Bertz CT molecular complexity index is 361. The zero-order valence-corrected chi connectivity index (χ0v) is 11.3. The van der Waals surface area contributed by atoms with Crippen molar-refractivity contribution < 1.29 is 8.42 Å². The van der Waals surface area contributed by atoms with E-state index in [0.29, 0.717) is 5.75 Å². The van der Waals surface area contributed by atoms with Crippen molar-refractivity contribution in [3.05, 3.63) is 0 Å². The van der Waals surface area contributed by atoms with Gasteiger partial charge in [-0.2, -0.15) is 0 Å². The minimum atomic E-state index is -2.88. The lowest BCUT2D eigenvalue weighted by molar-refractivity contribution is 0.152. The summed E-state index contributed by atoms with van der Waals surface area (Å²) in [5, 5.41) is 3.43. The van der Waals surface area contributed by atoms with Gasteiger partial charge in [-0.25, -0.2) is 8.42 Å². The van der Waals surface area contributed by atoms with Gasteiger partial charge in [0.1, 0.15) is 0 Å². The summed E-state index contributed by atoms with van der Waals surface area (Å²) in [5.41, 5.74) is 0.115. The van der Waals surface area contributed by atoms with Gasteiger partial charge >= 0.3 is 0 Å². The highest BCUT2D eigenvalue weighted by Gasteiger charge is 2.48. The number of fused-ring (bicyclic) bond motifs is 1. The molecule has 0 spiro atoms. The molecule has 2 fully saturated rings.